The number of nitrogens with one attached hydrogen (secondary N) is 2. The van der Waals surface area contributed by atoms with Crippen LogP contribution in [-0.4, -0.2) is 18.9 Å². The minimum Gasteiger partial charge on any atom is -0.315 e. The average Bonchev–Trinajstić information content (AvgIpc) is 2.66. The Morgan fingerprint density at radius 2 is 1.72 bits per heavy atom. The van der Waals surface area contributed by atoms with Crippen LogP contribution in [0.4, 0.5) is 0 Å². The summed E-state index contributed by atoms with van der Waals surface area (Å²) < 4.78 is 27.4. The highest BCUT2D eigenvalue weighted by molar-refractivity contribution is 7.91. The standard InChI is InChI=1S/C11H20N2O3S2/c1-5-11(6-2,7-3)13-18(15,16)9-8(4)12-10(14)17-9/h13H,5-7H2,1-4H3,(H,12,14). The van der Waals surface area contributed by atoms with E-state index in [1.165, 1.54) is 0 Å². The second-order valence-electron chi connectivity index (χ2n) is 4.37. The molecule has 7 heteroatoms. The highest BCUT2D eigenvalue weighted by atomic mass is 32.2. The number of hydrogen-bond acceptors (Lipinski definition) is 4. The fourth-order valence-electron chi connectivity index (χ4n) is 1.94. The summed E-state index contributed by atoms with van der Waals surface area (Å²) in [5.74, 6) is 0. The van der Waals surface area contributed by atoms with Gasteiger partial charge in [0.1, 0.15) is 0 Å². The Balaban J connectivity index is 3.16. The molecule has 0 aliphatic heterocycles. The summed E-state index contributed by atoms with van der Waals surface area (Å²) in [5.41, 5.74) is -0.0344. The monoisotopic (exact) mass is 292 g/mol. The van der Waals surface area contributed by atoms with E-state index < -0.39 is 15.6 Å². The maximum absolute atomic E-state index is 12.3. The van der Waals surface area contributed by atoms with Crippen molar-refractivity contribution in [2.45, 2.75) is 56.7 Å². The van der Waals surface area contributed by atoms with Crippen LogP contribution in [-0.2, 0) is 10.0 Å². The Morgan fingerprint density at radius 3 is 2.06 bits per heavy atom. The molecule has 0 aromatic carbocycles. The van der Waals surface area contributed by atoms with Crippen LogP contribution in [0.2, 0.25) is 0 Å². The summed E-state index contributed by atoms with van der Waals surface area (Å²) in [7, 11) is -3.63. The van der Waals surface area contributed by atoms with Gasteiger partial charge < -0.3 is 4.98 Å². The van der Waals surface area contributed by atoms with E-state index in [1.807, 2.05) is 20.8 Å². The number of aromatic nitrogens is 1. The fourth-order valence-corrected chi connectivity index (χ4v) is 4.86. The highest BCUT2D eigenvalue weighted by Gasteiger charge is 2.32. The predicted octanol–water partition coefficient (Wildman–Crippen LogP) is 1.99. The summed E-state index contributed by atoms with van der Waals surface area (Å²) >= 11 is 0.732. The molecule has 2 N–H and O–H groups in total. The lowest BCUT2D eigenvalue weighted by atomic mass is 9.91. The number of aryl methyl sites for hydroxylation is 1. The minimum absolute atomic E-state index is 0.0900. The Labute approximate surface area is 112 Å². The molecule has 5 nitrogen and oxygen atoms in total. The second-order valence-corrected chi connectivity index (χ2v) is 7.23. The van der Waals surface area contributed by atoms with Gasteiger partial charge in [-0.15, -0.1) is 0 Å². The van der Waals surface area contributed by atoms with Gasteiger partial charge in [0.25, 0.3) is 10.0 Å². The first-order valence-electron chi connectivity index (χ1n) is 6.04. The van der Waals surface area contributed by atoms with Crippen LogP contribution < -0.4 is 9.60 Å². The predicted molar refractivity (Wildman–Crippen MR) is 73.6 cm³/mol. The molecule has 0 bridgehead atoms. The first-order valence-corrected chi connectivity index (χ1v) is 8.34. The normalized spacial score (nSPS) is 12.9. The summed E-state index contributed by atoms with van der Waals surface area (Å²) in [4.78, 5) is 13.4. The molecule has 0 amide bonds. The van der Waals surface area contributed by atoms with Gasteiger partial charge >= 0.3 is 4.87 Å². The molecule has 1 aromatic rings. The van der Waals surface area contributed by atoms with Crippen LogP contribution in [0.5, 0.6) is 0 Å². The topological polar surface area (TPSA) is 79.0 Å². The summed E-state index contributed by atoms with van der Waals surface area (Å²) in [6.07, 6.45) is 2.16. The van der Waals surface area contributed by atoms with Crippen LogP contribution >= 0.6 is 11.3 Å². The van der Waals surface area contributed by atoms with Gasteiger partial charge in [-0.2, -0.15) is 0 Å². The van der Waals surface area contributed by atoms with E-state index in [-0.39, 0.29) is 9.08 Å². The van der Waals surface area contributed by atoms with Crippen LogP contribution in [0.3, 0.4) is 0 Å². The number of aromatic amines is 1. The molecule has 0 saturated heterocycles. The van der Waals surface area contributed by atoms with Crippen molar-refractivity contribution in [2.75, 3.05) is 0 Å². The van der Waals surface area contributed by atoms with Gasteiger partial charge in [0.2, 0.25) is 0 Å². The van der Waals surface area contributed by atoms with Gasteiger partial charge in [0.05, 0.1) is 0 Å². The van der Waals surface area contributed by atoms with Gasteiger partial charge in [-0.05, 0) is 26.2 Å². The number of hydrogen-bond donors (Lipinski definition) is 2. The van der Waals surface area contributed by atoms with Crippen molar-refractivity contribution < 1.29 is 8.42 Å². The molecule has 0 atom stereocenters. The van der Waals surface area contributed by atoms with Crippen molar-refractivity contribution in [3.8, 4) is 0 Å². The molecule has 18 heavy (non-hydrogen) atoms. The van der Waals surface area contributed by atoms with E-state index in [9.17, 15) is 13.2 Å². The Morgan fingerprint density at radius 1 is 1.22 bits per heavy atom. The van der Waals surface area contributed by atoms with E-state index >= 15 is 0 Å². The van der Waals surface area contributed by atoms with E-state index in [0.29, 0.717) is 5.69 Å². The van der Waals surface area contributed by atoms with Crippen LogP contribution in [0.15, 0.2) is 9.00 Å². The Hall–Kier alpha value is -0.660. The Kier molecular flexibility index (Phi) is 4.74. The lowest BCUT2D eigenvalue weighted by molar-refractivity contribution is 0.342. The SMILES string of the molecule is CCC(CC)(CC)NS(=O)(=O)c1sc(=O)[nH]c1C. The maximum atomic E-state index is 12.3. The van der Waals surface area contributed by atoms with Crippen LogP contribution in [0.1, 0.15) is 45.7 Å². The molecule has 104 valence electrons. The molecule has 0 aliphatic rings. The molecule has 1 heterocycles. The molecular formula is C11H20N2O3S2. The third kappa shape index (κ3) is 3.02. The molecule has 1 rings (SSSR count). The zero-order chi connectivity index (χ0) is 14.0. The van der Waals surface area contributed by atoms with Crippen molar-refractivity contribution in [1.29, 1.82) is 0 Å². The number of rotatable bonds is 6. The maximum Gasteiger partial charge on any atom is 0.305 e. The second kappa shape index (κ2) is 5.54. The fraction of sp³-hybridized carbons (Fsp3) is 0.727. The van der Waals surface area contributed by atoms with Crippen molar-refractivity contribution >= 4 is 21.4 Å². The number of thiazole rings is 1. The van der Waals surface area contributed by atoms with Gasteiger partial charge in [-0.1, -0.05) is 32.1 Å². The number of sulfonamides is 1. The van der Waals surface area contributed by atoms with E-state index in [0.717, 1.165) is 30.6 Å². The summed E-state index contributed by atoms with van der Waals surface area (Å²) in [6, 6.07) is 0. The first kappa shape index (κ1) is 15.4. The number of H-pyrrole nitrogens is 1. The van der Waals surface area contributed by atoms with Crippen molar-refractivity contribution in [3.05, 3.63) is 15.4 Å². The van der Waals surface area contributed by atoms with Crippen molar-refractivity contribution in [2.24, 2.45) is 0 Å². The molecule has 0 radical (unpaired) electrons. The van der Waals surface area contributed by atoms with Gasteiger partial charge in [0, 0.05) is 11.2 Å². The summed E-state index contributed by atoms with van der Waals surface area (Å²) in [5, 5.41) is 0. The molecule has 0 saturated carbocycles. The largest absolute Gasteiger partial charge is 0.315 e. The Bertz CT molecular complexity index is 545. The minimum atomic E-state index is -3.63. The first-order chi connectivity index (χ1) is 8.30. The molecule has 0 spiro atoms. The summed E-state index contributed by atoms with van der Waals surface area (Å²) in [6.45, 7) is 7.48. The zero-order valence-electron chi connectivity index (χ0n) is 11.2. The van der Waals surface area contributed by atoms with Gasteiger partial charge in [-0.25, -0.2) is 13.1 Å². The van der Waals surface area contributed by atoms with Crippen LogP contribution in [0.25, 0.3) is 0 Å². The van der Waals surface area contributed by atoms with E-state index in [2.05, 4.69) is 9.71 Å². The molecule has 1 aromatic heterocycles. The third-order valence-electron chi connectivity index (χ3n) is 3.41. The molecule has 0 aliphatic carbocycles. The third-order valence-corrected chi connectivity index (χ3v) is 6.59. The van der Waals surface area contributed by atoms with Gasteiger partial charge in [0.15, 0.2) is 4.21 Å². The lowest BCUT2D eigenvalue weighted by Crippen LogP contribution is -2.46. The molecular weight excluding hydrogens is 272 g/mol. The quantitative estimate of drug-likeness (QED) is 0.841. The lowest BCUT2D eigenvalue weighted by Gasteiger charge is -2.31. The van der Waals surface area contributed by atoms with Crippen molar-refractivity contribution in [3.63, 3.8) is 0 Å². The smallest absolute Gasteiger partial charge is 0.305 e. The van der Waals surface area contributed by atoms with Crippen molar-refractivity contribution in [1.82, 2.24) is 9.71 Å². The van der Waals surface area contributed by atoms with Crippen LogP contribution in [0, 0.1) is 6.92 Å². The van der Waals surface area contributed by atoms with E-state index in [4.69, 9.17) is 0 Å². The highest BCUT2D eigenvalue weighted by Crippen LogP contribution is 2.24. The van der Waals surface area contributed by atoms with Gasteiger partial charge in [-0.3, -0.25) is 4.79 Å². The molecule has 0 unspecified atom stereocenters. The average molecular weight is 292 g/mol. The van der Waals surface area contributed by atoms with E-state index in [1.54, 1.807) is 6.92 Å². The zero-order valence-corrected chi connectivity index (χ0v) is 12.8. The molecule has 0 fully saturated rings.